The van der Waals surface area contributed by atoms with Crippen molar-refractivity contribution in [2.75, 3.05) is 89.7 Å². The number of carbonyl (C=O) groups excluding carboxylic acids is 7. The number of benzene rings is 3. The number of carboxylic acid groups (broad SMARTS) is 1. The number of ether oxygens (including phenoxy) is 6. The molecule has 0 saturated heterocycles. The Bertz CT molecular complexity index is 3470. The summed E-state index contributed by atoms with van der Waals surface area (Å²) in [6.07, 6.45) is 3.63. The minimum atomic E-state index is -1.26. The third-order valence-corrected chi connectivity index (χ3v) is 13.5. The van der Waals surface area contributed by atoms with Gasteiger partial charge in [0.1, 0.15) is 48.4 Å². The van der Waals surface area contributed by atoms with Crippen LogP contribution < -0.4 is 42.4 Å². The van der Waals surface area contributed by atoms with Gasteiger partial charge in [0.25, 0.3) is 11.8 Å². The second kappa shape index (κ2) is 34.6. The van der Waals surface area contributed by atoms with Crippen LogP contribution in [0.25, 0.3) is 33.5 Å². The molecular weight excluding hydrogens is 1170 g/mol. The number of aromatic carboxylic acids is 1. The van der Waals surface area contributed by atoms with Crippen LogP contribution in [0.1, 0.15) is 60.5 Å². The molecule has 7 rings (SSSR count). The van der Waals surface area contributed by atoms with Crippen LogP contribution in [0.5, 0.6) is 5.75 Å². The minimum Gasteiger partial charge on any atom is -0.490 e. The van der Waals surface area contributed by atoms with Crippen molar-refractivity contribution in [1.29, 1.82) is 0 Å². The first-order chi connectivity index (χ1) is 43.4. The quantitative estimate of drug-likeness (QED) is 0.0180. The molecule has 0 saturated carbocycles. The molecule has 4 heterocycles. The van der Waals surface area contributed by atoms with Crippen LogP contribution in [0.4, 0.5) is 25.4 Å². The number of urea groups is 1. The normalized spacial score (nSPS) is 12.6. The van der Waals surface area contributed by atoms with E-state index in [0.29, 0.717) is 65.2 Å². The van der Waals surface area contributed by atoms with Crippen molar-refractivity contribution >= 4 is 69.9 Å². The van der Waals surface area contributed by atoms with Crippen molar-refractivity contribution in [3.63, 3.8) is 0 Å². The molecule has 3 aromatic carbocycles. The highest BCUT2D eigenvalue weighted by atomic mass is 19.1. The summed E-state index contributed by atoms with van der Waals surface area (Å²) in [6.45, 7) is 7.74. The number of alkyl carbamates (subject to hydrolysis) is 1. The van der Waals surface area contributed by atoms with E-state index in [1.165, 1.54) is 24.3 Å². The van der Waals surface area contributed by atoms with E-state index in [2.05, 4.69) is 46.9 Å². The van der Waals surface area contributed by atoms with Crippen LogP contribution >= 0.6 is 0 Å². The number of halogens is 1. The fourth-order valence-electron chi connectivity index (χ4n) is 8.92. The number of H-pyrrole nitrogens is 1. The Morgan fingerprint density at radius 1 is 0.756 bits per heavy atom. The van der Waals surface area contributed by atoms with Crippen LogP contribution in [0.3, 0.4) is 0 Å². The molecule has 0 radical (unpaired) electrons. The number of carboxylic acids is 1. The Kier molecular flexibility index (Phi) is 26.0. The van der Waals surface area contributed by atoms with Crippen molar-refractivity contribution in [2.24, 2.45) is 11.7 Å². The summed E-state index contributed by atoms with van der Waals surface area (Å²) in [5.74, 6) is -3.72. The maximum absolute atomic E-state index is 14.2. The highest BCUT2D eigenvalue weighted by Gasteiger charge is 2.29. The van der Waals surface area contributed by atoms with Gasteiger partial charge in [-0.25, -0.2) is 23.8 Å². The van der Waals surface area contributed by atoms with Gasteiger partial charge >= 0.3 is 18.1 Å². The Hall–Kier alpha value is -9.90. The van der Waals surface area contributed by atoms with Crippen molar-refractivity contribution in [1.82, 2.24) is 46.1 Å². The number of nitrogens with one attached hydrogen (secondary N) is 7. The van der Waals surface area contributed by atoms with E-state index >= 15 is 0 Å². The second-order valence-electron chi connectivity index (χ2n) is 20.7. The number of carbonyl (C=O) groups is 8. The summed E-state index contributed by atoms with van der Waals surface area (Å²) in [4.78, 5) is 117. The molecule has 0 bridgehead atoms. The van der Waals surface area contributed by atoms with Crippen LogP contribution in [0, 0.1) is 18.7 Å². The number of primary amides is 1. The number of nitrogens with two attached hydrogens (primary N) is 1. The topological polar surface area (TPSA) is 368 Å². The van der Waals surface area contributed by atoms with E-state index in [1.54, 1.807) is 44.3 Å². The second-order valence-corrected chi connectivity index (χ2v) is 20.7. The molecule has 90 heavy (non-hydrogen) atoms. The maximum Gasteiger partial charge on any atom is 0.407 e. The molecule has 0 aliphatic carbocycles. The number of aromatic nitrogens is 4. The SMILES string of the molecule is Cc1cccc(-c2nc(CNc3cc(F)cc(C(=O)O)c3)[nH]c2-c2ccc3ncc(OCCNC(=O)OCc4ccc(NC(=O)[C@H](CCCNC(N)=O)NC(=O)C(NC(=O)CCOCCOCCOCCOCCN5C(=O)C=CC5=O)C(C)C)cc4)cc3c2)n1. The van der Waals surface area contributed by atoms with Crippen LogP contribution in [-0.2, 0) is 60.8 Å². The number of pyridine rings is 2. The van der Waals surface area contributed by atoms with Gasteiger partial charge < -0.3 is 76.1 Å². The first-order valence-electron chi connectivity index (χ1n) is 29.0. The molecule has 1 aliphatic rings. The summed E-state index contributed by atoms with van der Waals surface area (Å²) in [5.41, 5.74) is 10.3. The molecule has 2 atom stereocenters. The van der Waals surface area contributed by atoms with Gasteiger partial charge in [0, 0.05) is 53.1 Å². The van der Waals surface area contributed by atoms with Crippen LogP contribution in [0.2, 0.25) is 0 Å². The highest BCUT2D eigenvalue weighted by Crippen LogP contribution is 2.32. The van der Waals surface area contributed by atoms with E-state index in [-0.39, 0.29) is 121 Å². The Labute approximate surface area is 517 Å². The third kappa shape index (κ3) is 21.8. The molecule has 0 spiro atoms. The first kappa shape index (κ1) is 67.6. The molecule has 1 unspecified atom stereocenters. The molecule has 27 nitrogen and oxygen atoms in total. The van der Waals surface area contributed by atoms with Crippen LogP contribution in [0.15, 0.2) is 103 Å². The lowest BCUT2D eigenvalue weighted by atomic mass is 10.0. The fraction of sp³-hybridized carbons (Fsp3) is 0.371. The van der Waals surface area contributed by atoms with Gasteiger partial charge in [0.05, 0.1) is 101 Å². The lowest BCUT2D eigenvalue weighted by Gasteiger charge is -2.25. The molecule has 28 heteroatoms. The smallest absolute Gasteiger partial charge is 0.407 e. The van der Waals surface area contributed by atoms with Gasteiger partial charge in [-0.15, -0.1) is 0 Å². The van der Waals surface area contributed by atoms with Gasteiger partial charge in [-0.2, -0.15) is 0 Å². The molecule has 3 aromatic heterocycles. The van der Waals surface area contributed by atoms with E-state index in [1.807, 2.05) is 49.4 Å². The predicted octanol–water partition coefficient (Wildman–Crippen LogP) is 5.14. The number of nitrogens with zero attached hydrogens (tertiary/aromatic N) is 4. The number of hydrogen-bond donors (Lipinski definition) is 9. The number of rotatable bonds is 37. The Morgan fingerprint density at radius 3 is 2.16 bits per heavy atom. The van der Waals surface area contributed by atoms with Crippen molar-refractivity contribution in [3.05, 3.63) is 132 Å². The average molecular weight is 1250 g/mol. The molecule has 10 N–H and O–H groups in total. The highest BCUT2D eigenvalue weighted by molar-refractivity contribution is 6.12. The lowest BCUT2D eigenvalue weighted by Crippen LogP contribution is -2.54. The summed E-state index contributed by atoms with van der Waals surface area (Å²) in [7, 11) is 0. The summed E-state index contributed by atoms with van der Waals surface area (Å²) >= 11 is 0. The van der Waals surface area contributed by atoms with E-state index in [0.717, 1.165) is 27.6 Å². The van der Waals surface area contributed by atoms with Crippen molar-refractivity contribution in [2.45, 2.75) is 65.3 Å². The summed E-state index contributed by atoms with van der Waals surface area (Å²) < 4.78 is 47.4. The zero-order valence-electron chi connectivity index (χ0n) is 50.0. The van der Waals surface area contributed by atoms with E-state index in [4.69, 9.17) is 39.1 Å². The molecule has 478 valence electrons. The number of imidazole rings is 1. The van der Waals surface area contributed by atoms with Crippen molar-refractivity contribution < 1.29 is 76.3 Å². The maximum atomic E-state index is 14.2. The van der Waals surface area contributed by atoms with Gasteiger partial charge in [0.15, 0.2) is 0 Å². The first-order valence-corrected chi connectivity index (χ1v) is 29.0. The van der Waals surface area contributed by atoms with Crippen molar-refractivity contribution in [3.8, 4) is 28.4 Å². The Balaban J connectivity index is 0.815. The number of anilines is 2. The fourth-order valence-corrected chi connectivity index (χ4v) is 8.92. The Morgan fingerprint density at radius 2 is 1.47 bits per heavy atom. The molecule has 0 fully saturated rings. The standard InChI is InChI=1S/C62H73FN12O15/c1-38(2)55(74-52(76)17-21-85-24-26-87-28-29-88-27-25-86-23-20-75-53(77)15-16-54(75)78)59(80)71-50(8-5-18-65-61(64)83)58(79)70-45-12-9-40(10-13-45)37-90-62(84)66-19-22-89-47-33-42-30-41(11-14-48(42)68-35-47)56-57(49-7-4-6-39(3)69-49)73-51(72-56)36-67-46-32-43(60(81)82)31-44(63)34-46/h4,6-7,9-16,30-35,38,50,55,67H,5,8,17-29,36-37H2,1-3H3,(H,66,84)(H,70,79)(H,71,80)(H,72,73)(H,74,76)(H,81,82)(H3,64,65,83)/t50-,55?/m0/s1. The number of aromatic amines is 1. The van der Waals surface area contributed by atoms with Gasteiger partial charge in [0.2, 0.25) is 17.7 Å². The number of hydrogen-bond acceptors (Lipinski definition) is 18. The van der Waals surface area contributed by atoms with Gasteiger partial charge in [-0.05, 0) is 91.9 Å². The molecule has 1 aliphatic heterocycles. The average Bonchev–Trinajstić information content (AvgIpc) is 1.66. The number of amides is 8. The van der Waals surface area contributed by atoms with Gasteiger partial charge in [-0.3, -0.25) is 38.8 Å². The number of fused-ring (bicyclic) bond motifs is 1. The monoisotopic (exact) mass is 1240 g/mol. The largest absolute Gasteiger partial charge is 0.490 e. The van der Waals surface area contributed by atoms with Gasteiger partial charge in [-0.1, -0.05) is 38.1 Å². The van der Waals surface area contributed by atoms with E-state index < -0.39 is 53.7 Å². The predicted molar refractivity (Wildman–Crippen MR) is 326 cm³/mol. The molecule has 8 amide bonds. The summed E-state index contributed by atoms with van der Waals surface area (Å²) in [6, 6.07) is 20.2. The lowest BCUT2D eigenvalue weighted by molar-refractivity contribution is -0.137. The molecule has 6 aromatic rings. The zero-order chi connectivity index (χ0) is 64.4. The van der Waals surface area contributed by atoms with E-state index in [9.17, 15) is 47.9 Å². The zero-order valence-corrected chi connectivity index (χ0v) is 50.0. The third-order valence-electron chi connectivity index (χ3n) is 13.5. The summed E-state index contributed by atoms with van der Waals surface area (Å²) in [5, 5.41) is 26.6. The van der Waals surface area contributed by atoms with Crippen LogP contribution in [-0.4, -0.2) is 169 Å². The number of aryl methyl sites for hydroxylation is 1. The molecular formula is C62H73FN12O15. The minimum absolute atomic E-state index is 0.0481. The number of imide groups is 1.